The molecule has 1 atom stereocenters. The van der Waals surface area contributed by atoms with Crippen molar-refractivity contribution in [1.82, 2.24) is 4.98 Å². The zero-order chi connectivity index (χ0) is 14.8. The topological polar surface area (TPSA) is 76.2 Å². The number of carbonyl (C=O) groups excluding carboxylic acids is 2. The van der Waals surface area contributed by atoms with E-state index < -0.39 is 12.1 Å². The van der Waals surface area contributed by atoms with Gasteiger partial charge in [0.1, 0.15) is 5.69 Å². The van der Waals surface area contributed by atoms with Gasteiger partial charge in [-0.1, -0.05) is 12.1 Å². The van der Waals surface area contributed by atoms with Crippen LogP contribution in [0, 0.1) is 0 Å². The monoisotopic (exact) mass is 285 g/mol. The quantitative estimate of drug-likeness (QED) is 0.858. The van der Waals surface area contributed by atoms with Gasteiger partial charge in [0.05, 0.1) is 0 Å². The number of rotatable bonds is 2. The third-order valence-corrected chi connectivity index (χ3v) is 3.71. The molecule has 1 heterocycles. The molecule has 1 aromatic carbocycles. The van der Waals surface area contributed by atoms with E-state index in [0.29, 0.717) is 23.7 Å². The minimum absolute atomic E-state index is 0.0438. The Morgan fingerprint density at radius 1 is 1.19 bits per heavy atom. The smallest absolute Gasteiger partial charge is 0.355 e. The molecule has 2 aromatic rings. The van der Waals surface area contributed by atoms with Gasteiger partial charge in [-0.3, -0.25) is 9.59 Å². The second-order valence-corrected chi connectivity index (χ2v) is 5.20. The summed E-state index contributed by atoms with van der Waals surface area (Å²) in [5, 5.41) is 0.516. The Balaban J connectivity index is 1.87. The van der Waals surface area contributed by atoms with Gasteiger partial charge in [-0.25, -0.2) is 4.79 Å². The first-order valence-corrected chi connectivity index (χ1v) is 7.01. The maximum Gasteiger partial charge on any atom is 0.355 e. The number of benzene rings is 1. The average molecular weight is 285 g/mol. The summed E-state index contributed by atoms with van der Waals surface area (Å²) in [7, 11) is 0. The number of nitrogens with one attached hydrogen (secondary N) is 1. The molecule has 0 radical (unpaired) electrons. The molecule has 108 valence electrons. The number of carbonyl (C=O) groups is 2. The molecule has 1 N–H and O–H groups in total. The fourth-order valence-corrected chi connectivity index (χ4v) is 2.58. The molecule has 3 rings (SSSR count). The van der Waals surface area contributed by atoms with Crippen LogP contribution in [-0.2, 0) is 9.53 Å². The molecule has 1 aliphatic carbocycles. The Bertz CT molecular complexity index is 762. The fourth-order valence-electron chi connectivity index (χ4n) is 2.58. The third-order valence-electron chi connectivity index (χ3n) is 3.71. The number of hydrogen-bond acceptors (Lipinski definition) is 4. The lowest BCUT2D eigenvalue weighted by atomic mass is 9.96. The standard InChI is InChI=1S/C16H15NO4/c18-13-7-3-4-8-15(13)21-16(20)12-9-14(19)10-5-1-2-6-11(10)17-12/h1-2,5-6,9,15H,3-4,7-8H2,(H,17,19)/t15-/m0/s1. The SMILES string of the molecule is O=C(O[C@H]1CCCCC1=O)c1cc(=O)c2ccccc2[nH]1. The van der Waals surface area contributed by atoms with Crippen molar-refractivity contribution in [3.05, 3.63) is 46.2 Å². The van der Waals surface area contributed by atoms with E-state index in [0.717, 1.165) is 12.8 Å². The van der Waals surface area contributed by atoms with E-state index in [1.165, 1.54) is 6.07 Å². The molecule has 1 aliphatic rings. The lowest BCUT2D eigenvalue weighted by molar-refractivity contribution is -0.129. The van der Waals surface area contributed by atoms with Gasteiger partial charge >= 0.3 is 5.97 Å². The molecule has 0 saturated heterocycles. The van der Waals surface area contributed by atoms with Crippen molar-refractivity contribution in [2.75, 3.05) is 0 Å². The van der Waals surface area contributed by atoms with Crippen molar-refractivity contribution in [3.8, 4) is 0 Å². The van der Waals surface area contributed by atoms with Crippen molar-refractivity contribution < 1.29 is 14.3 Å². The summed E-state index contributed by atoms with van der Waals surface area (Å²) in [5.41, 5.74) is 0.412. The van der Waals surface area contributed by atoms with Crippen LogP contribution in [0.3, 0.4) is 0 Å². The van der Waals surface area contributed by atoms with Crippen LogP contribution in [0.1, 0.15) is 36.2 Å². The van der Waals surface area contributed by atoms with E-state index >= 15 is 0 Å². The van der Waals surface area contributed by atoms with Crippen LogP contribution in [0.5, 0.6) is 0 Å². The maximum absolute atomic E-state index is 12.1. The molecule has 21 heavy (non-hydrogen) atoms. The Kier molecular flexibility index (Phi) is 3.56. The predicted octanol–water partition coefficient (Wildman–Crippen LogP) is 2.20. The van der Waals surface area contributed by atoms with Crippen LogP contribution < -0.4 is 5.43 Å². The molecular weight excluding hydrogens is 270 g/mol. The molecule has 0 unspecified atom stereocenters. The first-order valence-electron chi connectivity index (χ1n) is 7.01. The number of H-pyrrole nitrogens is 1. The first-order chi connectivity index (χ1) is 10.1. The number of esters is 1. The number of hydrogen-bond donors (Lipinski definition) is 1. The third kappa shape index (κ3) is 2.72. The summed E-state index contributed by atoms with van der Waals surface area (Å²) < 4.78 is 5.23. The van der Waals surface area contributed by atoms with Crippen molar-refractivity contribution in [2.24, 2.45) is 0 Å². The Morgan fingerprint density at radius 3 is 2.81 bits per heavy atom. The highest BCUT2D eigenvalue weighted by molar-refractivity contribution is 5.93. The lowest BCUT2D eigenvalue weighted by Gasteiger charge is -2.20. The molecule has 0 bridgehead atoms. The number of ketones is 1. The Labute approximate surface area is 120 Å². The summed E-state index contributed by atoms with van der Waals surface area (Å²) in [6.45, 7) is 0. The molecule has 1 fully saturated rings. The van der Waals surface area contributed by atoms with Crippen molar-refractivity contribution >= 4 is 22.7 Å². The van der Waals surface area contributed by atoms with E-state index in [1.54, 1.807) is 24.3 Å². The van der Waals surface area contributed by atoms with E-state index in [-0.39, 0.29) is 16.9 Å². The van der Waals surface area contributed by atoms with Gasteiger partial charge in [0, 0.05) is 23.4 Å². The minimum Gasteiger partial charge on any atom is -0.450 e. The number of pyridine rings is 1. The van der Waals surface area contributed by atoms with Gasteiger partial charge in [-0.05, 0) is 31.4 Å². The molecule has 5 heteroatoms. The van der Waals surface area contributed by atoms with Crippen LogP contribution in [-0.4, -0.2) is 22.8 Å². The van der Waals surface area contributed by atoms with Crippen molar-refractivity contribution in [3.63, 3.8) is 0 Å². The van der Waals surface area contributed by atoms with E-state index in [2.05, 4.69) is 4.98 Å². The molecule has 1 saturated carbocycles. The van der Waals surface area contributed by atoms with Crippen molar-refractivity contribution in [2.45, 2.75) is 31.8 Å². The number of fused-ring (bicyclic) bond motifs is 1. The zero-order valence-electron chi connectivity index (χ0n) is 11.4. The maximum atomic E-state index is 12.1. The highest BCUT2D eigenvalue weighted by Crippen LogP contribution is 2.18. The average Bonchev–Trinajstić information content (AvgIpc) is 2.49. The highest BCUT2D eigenvalue weighted by Gasteiger charge is 2.26. The zero-order valence-corrected chi connectivity index (χ0v) is 11.4. The van der Waals surface area contributed by atoms with Crippen LogP contribution >= 0.6 is 0 Å². The molecule has 0 aliphatic heterocycles. The second-order valence-electron chi connectivity index (χ2n) is 5.20. The van der Waals surface area contributed by atoms with Crippen LogP contribution in [0.25, 0.3) is 10.9 Å². The summed E-state index contributed by atoms with van der Waals surface area (Å²) >= 11 is 0. The summed E-state index contributed by atoms with van der Waals surface area (Å²) in [4.78, 5) is 38.7. The van der Waals surface area contributed by atoms with Gasteiger partial charge in [0.2, 0.25) is 0 Å². The van der Waals surface area contributed by atoms with Crippen molar-refractivity contribution in [1.29, 1.82) is 0 Å². The normalized spacial score (nSPS) is 18.7. The largest absolute Gasteiger partial charge is 0.450 e. The van der Waals surface area contributed by atoms with Gasteiger partial charge in [0.25, 0.3) is 0 Å². The molecule has 5 nitrogen and oxygen atoms in total. The number of Topliss-reactive ketones (excluding diaryl/α,β-unsaturated/α-hetero) is 1. The van der Waals surface area contributed by atoms with Gasteiger partial charge in [0.15, 0.2) is 17.3 Å². The van der Waals surface area contributed by atoms with E-state index in [4.69, 9.17) is 4.74 Å². The second kappa shape index (κ2) is 5.52. The first kappa shape index (κ1) is 13.5. The number of ether oxygens (including phenoxy) is 1. The summed E-state index contributed by atoms with van der Waals surface area (Å²) in [6.07, 6.45) is 2.05. The minimum atomic E-state index is -0.679. The van der Waals surface area contributed by atoms with Gasteiger partial charge < -0.3 is 9.72 Å². The number of aromatic amines is 1. The number of aromatic nitrogens is 1. The summed E-state index contributed by atoms with van der Waals surface area (Å²) in [5.74, 6) is -0.698. The molecular formula is C16H15NO4. The van der Waals surface area contributed by atoms with Crippen LogP contribution in [0.2, 0.25) is 0 Å². The molecule has 1 aromatic heterocycles. The molecule has 0 spiro atoms. The Hall–Kier alpha value is -2.43. The lowest BCUT2D eigenvalue weighted by Crippen LogP contribution is -2.30. The Morgan fingerprint density at radius 2 is 2.00 bits per heavy atom. The fraction of sp³-hybridized carbons (Fsp3) is 0.312. The number of para-hydroxylation sites is 1. The van der Waals surface area contributed by atoms with Crippen LogP contribution in [0.15, 0.2) is 35.1 Å². The van der Waals surface area contributed by atoms with Gasteiger partial charge in [-0.15, -0.1) is 0 Å². The van der Waals surface area contributed by atoms with Gasteiger partial charge in [-0.2, -0.15) is 0 Å². The highest BCUT2D eigenvalue weighted by atomic mass is 16.5. The molecule has 0 amide bonds. The van der Waals surface area contributed by atoms with E-state index in [1.807, 2.05) is 0 Å². The van der Waals surface area contributed by atoms with Crippen LogP contribution in [0.4, 0.5) is 0 Å². The summed E-state index contributed by atoms with van der Waals surface area (Å²) in [6, 6.07) is 8.17. The predicted molar refractivity (Wildman–Crippen MR) is 77.2 cm³/mol. The van der Waals surface area contributed by atoms with E-state index in [9.17, 15) is 14.4 Å².